The van der Waals surface area contributed by atoms with Gasteiger partial charge in [0, 0.05) is 6.61 Å². The third-order valence-corrected chi connectivity index (χ3v) is 2.21. The fourth-order valence-electron chi connectivity index (χ4n) is 1.38. The van der Waals surface area contributed by atoms with Gasteiger partial charge in [-0.05, 0) is 32.2 Å². The van der Waals surface area contributed by atoms with E-state index in [-0.39, 0.29) is 6.61 Å². The molecule has 7 heteroatoms. The van der Waals surface area contributed by atoms with Gasteiger partial charge in [0.15, 0.2) is 0 Å². The molecule has 0 aromatic heterocycles. The summed E-state index contributed by atoms with van der Waals surface area (Å²) in [5, 5.41) is 8.82. The van der Waals surface area contributed by atoms with E-state index in [1.54, 1.807) is 0 Å². The van der Waals surface area contributed by atoms with Crippen molar-refractivity contribution in [3.8, 4) is 0 Å². The minimum Gasteiger partial charge on any atom is -0.481 e. The molecule has 0 aromatic rings. The number of hydrogen-bond donors (Lipinski definition) is 2. The molecule has 0 rings (SSSR count). The molecule has 0 heterocycles. The molecule has 4 nitrogen and oxygen atoms in total. The van der Waals surface area contributed by atoms with Gasteiger partial charge in [-0.15, -0.1) is 0 Å². The Morgan fingerprint density at radius 2 is 1.88 bits per heavy atom. The van der Waals surface area contributed by atoms with Gasteiger partial charge < -0.3 is 15.6 Å². The molecule has 0 saturated heterocycles. The molecule has 3 N–H and O–H groups in total. The van der Waals surface area contributed by atoms with Crippen molar-refractivity contribution in [3.05, 3.63) is 0 Å². The van der Waals surface area contributed by atoms with E-state index in [0.29, 0.717) is 32.2 Å². The lowest BCUT2D eigenvalue weighted by Gasteiger charge is -2.12. The van der Waals surface area contributed by atoms with Gasteiger partial charge in [0.1, 0.15) is 6.61 Å². The minimum atomic E-state index is -4.33. The fourth-order valence-corrected chi connectivity index (χ4v) is 1.38. The highest BCUT2D eigenvalue weighted by Crippen LogP contribution is 2.16. The first-order valence-electron chi connectivity index (χ1n) is 5.44. The van der Waals surface area contributed by atoms with Gasteiger partial charge in [0.05, 0.1) is 5.92 Å². The Morgan fingerprint density at radius 3 is 2.35 bits per heavy atom. The molecule has 1 atom stereocenters. The van der Waals surface area contributed by atoms with Crippen LogP contribution in [0.4, 0.5) is 13.2 Å². The third-order valence-electron chi connectivity index (χ3n) is 2.21. The highest BCUT2D eigenvalue weighted by atomic mass is 19.4. The monoisotopic (exact) mass is 257 g/mol. The number of rotatable bonds is 9. The lowest BCUT2D eigenvalue weighted by molar-refractivity contribution is -0.174. The number of ether oxygens (including phenoxy) is 1. The van der Waals surface area contributed by atoms with Crippen LogP contribution in [-0.2, 0) is 9.53 Å². The van der Waals surface area contributed by atoms with Crippen molar-refractivity contribution in [1.29, 1.82) is 0 Å². The number of hydrogen-bond acceptors (Lipinski definition) is 3. The molecule has 0 radical (unpaired) electrons. The van der Waals surface area contributed by atoms with E-state index in [4.69, 9.17) is 10.8 Å². The molecular weight excluding hydrogens is 239 g/mol. The van der Waals surface area contributed by atoms with E-state index < -0.39 is 24.7 Å². The summed E-state index contributed by atoms with van der Waals surface area (Å²) in [7, 11) is 0. The molecule has 0 aliphatic rings. The first-order chi connectivity index (χ1) is 7.87. The van der Waals surface area contributed by atoms with E-state index in [1.807, 2.05) is 0 Å². The van der Waals surface area contributed by atoms with Crippen LogP contribution in [-0.4, -0.2) is 37.0 Å². The predicted molar refractivity (Wildman–Crippen MR) is 55.5 cm³/mol. The van der Waals surface area contributed by atoms with Crippen LogP contribution >= 0.6 is 0 Å². The summed E-state index contributed by atoms with van der Waals surface area (Å²) >= 11 is 0. The molecular formula is C10H18F3NO3. The molecule has 1 unspecified atom stereocenters. The third kappa shape index (κ3) is 10.1. The Bertz CT molecular complexity index is 221. The number of halogens is 3. The van der Waals surface area contributed by atoms with Gasteiger partial charge in [0.2, 0.25) is 0 Å². The number of carboxylic acid groups (broad SMARTS) is 1. The Hall–Kier alpha value is -0.820. The number of alkyl halides is 3. The van der Waals surface area contributed by atoms with Crippen LogP contribution in [0.25, 0.3) is 0 Å². The number of carbonyl (C=O) groups is 1. The van der Waals surface area contributed by atoms with Crippen molar-refractivity contribution in [2.45, 2.75) is 31.9 Å². The summed E-state index contributed by atoms with van der Waals surface area (Å²) in [5.74, 6) is -1.48. The predicted octanol–water partition coefficient (Wildman–Crippen LogP) is 1.79. The Labute approximate surface area is 97.9 Å². The van der Waals surface area contributed by atoms with E-state index in [0.717, 1.165) is 0 Å². The van der Waals surface area contributed by atoms with Crippen LogP contribution in [0.15, 0.2) is 0 Å². The molecule has 0 aromatic carbocycles. The summed E-state index contributed by atoms with van der Waals surface area (Å²) < 4.78 is 39.5. The molecule has 102 valence electrons. The van der Waals surface area contributed by atoms with Gasteiger partial charge in [-0.2, -0.15) is 13.2 Å². The Kier molecular flexibility index (Phi) is 7.90. The van der Waals surface area contributed by atoms with E-state index in [2.05, 4.69) is 4.74 Å². The largest absolute Gasteiger partial charge is 0.481 e. The fraction of sp³-hybridized carbons (Fsp3) is 0.900. The lowest BCUT2D eigenvalue weighted by Crippen LogP contribution is -2.19. The van der Waals surface area contributed by atoms with Gasteiger partial charge >= 0.3 is 12.1 Å². The van der Waals surface area contributed by atoms with Gasteiger partial charge in [-0.25, -0.2) is 0 Å². The summed E-state index contributed by atoms with van der Waals surface area (Å²) in [6, 6.07) is 0. The normalized spacial score (nSPS) is 13.6. The van der Waals surface area contributed by atoms with Crippen LogP contribution in [0.5, 0.6) is 0 Å². The highest BCUT2D eigenvalue weighted by Gasteiger charge is 2.27. The molecule has 17 heavy (non-hydrogen) atoms. The van der Waals surface area contributed by atoms with E-state index >= 15 is 0 Å². The number of nitrogens with two attached hydrogens (primary N) is 1. The number of aliphatic carboxylic acids is 1. The maximum Gasteiger partial charge on any atom is 0.411 e. The quantitative estimate of drug-likeness (QED) is 0.618. The molecule has 0 bridgehead atoms. The maximum atomic E-state index is 11.7. The first-order valence-corrected chi connectivity index (χ1v) is 5.44. The van der Waals surface area contributed by atoms with Crippen LogP contribution in [0.2, 0.25) is 0 Å². The summed E-state index contributed by atoms with van der Waals surface area (Å²) in [5.41, 5.74) is 5.26. The minimum absolute atomic E-state index is 0.0775. The standard InChI is InChI=1S/C10H18F3NO3/c11-10(12,13)7-17-6-2-4-8(9(15)16)3-1-5-14/h8H,1-7,14H2,(H,15,16). The van der Waals surface area contributed by atoms with Crippen molar-refractivity contribution in [2.75, 3.05) is 19.8 Å². The summed E-state index contributed by atoms with van der Waals surface area (Å²) in [6.45, 7) is -0.951. The molecule has 0 spiro atoms. The van der Waals surface area contributed by atoms with Gasteiger partial charge in [-0.3, -0.25) is 4.79 Å². The first kappa shape index (κ1) is 16.2. The lowest BCUT2D eigenvalue weighted by atomic mass is 9.98. The SMILES string of the molecule is NCCCC(CCCOCC(F)(F)F)C(=O)O. The molecule has 0 aliphatic heterocycles. The number of carboxylic acids is 1. The topological polar surface area (TPSA) is 72.5 Å². The Morgan fingerprint density at radius 1 is 1.29 bits per heavy atom. The van der Waals surface area contributed by atoms with Crippen molar-refractivity contribution in [1.82, 2.24) is 0 Å². The van der Waals surface area contributed by atoms with Crippen LogP contribution in [0.3, 0.4) is 0 Å². The molecule has 0 amide bonds. The summed E-state index contributed by atoms with van der Waals surface area (Å²) in [6.07, 6.45) is -2.66. The van der Waals surface area contributed by atoms with E-state index in [9.17, 15) is 18.0 Å². The van der Waals surface area contributed by atoms with Crippen LogP contribution in [0.1, 0.15) is 25.7 Å². The smallest absolute Gasteiger partial charge is 0.411 e. The molecule has 0 aliphatic carbocycles. The molecule has 0 fully saturated rings. The zero-order valence-corrected chi connectivity index (χ0v) is 9.50. The van der Waals surface area contributed by atoms with Crippen LogP contribution in [0, 0.1) is 5.92 Å². The highest BCUT2D eigenvalue weighted by molar-refractivity contribution is 5.69. The van der Waals surface area contributed by atoms with Crippen LogP contribution < -0.4 is 5.73 Å². The maximum absolute atomic E-state index is 11.7. The van der Waals surface area contributed by atoms with Gasteiger partial charge in [0.25, 0.3) is 0 Å². The average molecular weight is 257 g/mol. The van der Waals surface area contributed by atoms with Crippen molar-refractivity contribution < 1.29 is 27.8 Å². The zero-order valence-electron chi connectivity index (χ0n) is 9.50. The second kappa shape index (κ2) is 8.30. The second-order valence-corrected chi connectivity index (χ2v) is 3.78. The van der Waals surface area contributed by atoms with Crippen molar-refractivity contribution >= 4 is 5.97 Å². The molecule has 0 saturated carbocycles. The zero-order chi connectivity index (χ0) is 13.3. The van der Waals surface area contributed by atoms with Crippen molar-refractivity contribution in [3.63, 3.8) is 0 Å². The second-order valence-electron chi connectivity index (χ2n) is 3.78. The summed E-state index contributed by atoms with van der Waals surface area (Å²) in [4.78, 5) is 10.8. The Balaban J connectivity index is 3.65. The average Bonchev–Trinajstić information content (AvgIpc) is 2.20. The van der Waals surface area contributed by atoms with Crippen molar-refractivity contribution in [2.24, 2.45) is 11.7 Å². The van der Waals surface area contributed by atoms with Gasteiger partial charge in [-0.1, -0.05) is 0 Å². The van der Waals surface area contributed by atoms with E-state index in [1.165, 1.54) is 0 Å².